The number of nitrogen functional groups attached to an aromatic ring is 1. The molecule has 0 aliphatic rings. The van der Waals surface area contributed by atoms with Gasteiger partial charge in [-0.1, -0.05) is 31.7 Å². The van der Waals surface area contributed by atoms with Crippen LogP contribution in [-0.4, -0.2) is 21.6 Å². The van der Waals surface area contributed by atoms with Crippen LogP contribution in [0, 0.1) is 12.7 Å². The predicted molar refractivity (Wildman–Crippen MR) is 129 cm³/mol. The van der Waals surface area contributed by atoms with E-state index >= 15 is 0 Å². The Morgan fingerprint density at radius 3 is 2.52 bits per heavy atom. The number of halogens is 1. The van der Waals surface area contributed by atoms with Gasteiger partial charge in [0.05, 0.1) is 16.3 Å². The lowest BCUT2D eigenvalue weighted by molar-refractivity contribution is 0.0948. The fourth-order valence-corrected chi connectivity index (χ4v) is 4.04. The molecule has 7 nitrogen and oxygen atoms in total. The molecule has 33 heavy (non-hydrogen) atoms. The van der Waals surface area contributed by atoms with Crippen molar-refractivity contribution >= 4 is 28.8 Å². The number of carbonyl (C=O) groups is 2. The maximum absolute atomic E-state index is 13.5. The molecule has 2 amide bonds. The number of aromatic nitrogens is 2. The highest BCUT2D eigenvalue weighted by atomic mass is 32.1. The van der Waals surface area contributed by atoms with Crippen molar-refractivity contribution in [1.82, 2.24) is 15.1 Å². The smallest absolute Gasteiger partial charge is 0.269 e. The lowest BCUT2D eigenvalue weighted by Gasteiger charge is -2.09. The molecule has 0 bridgehead atoms. The average molecular weight is 466 g/mol. The van der Waals surface area contributed by atoms with Crippen LogP contribution in [-0.2, 0) is 6.54 Å². The molecule has 4 aromatic rings. The van der Waals surface area contributed by atoms with Gasteiger partial charge in [0.1, 0.15) is 11.5 Å². The highest BCUT2D eigenvalue weighted by molar-refractivity contribution is 7.13. The molecule has 0 spiro atoms. The van der Waals surface area contributed by atoms with E-state index < -0.39 is 11.7 Å². The summed E-state index contributed by atoms with van der Waals surface area (Å²) in [4.78, 5) is 25.3. The number of nitrogens with one attached hydrogen (secondary N) is 1. The number of hydrogen-bond acceptors (Lipinski definition) is 5. The van der Waals surface area contributed by atoms with E-state index in [9.17, 15) is 14.0 Å². The Labute approximate surface area is 194 Å². The molecule has 0 unspecified atom stereocenters. The second kappa shape index (κ2) is 9.66. The Morgan fingerprint density at radius 1 is 1.15 bits per heavy atom. The molecule has 0 saturated heterocycles. The summed E-state index contributed by atoms with van der Waals surface area (Å²) in [5.74, 6) is -1.50. The minimum Gasteiger partial charge on any atom is -0.395 e. The maximum Gasteiger partial charge on any atom is 0.269 e. The van der Waals surface area contributed by atoms with Gasteiger partial charge in [0.15, 0.2) is 5.69 Å². The first-order valence-corrected chi connectivity index (χ1v) is 10.6. The van der Waals surface area contributed by atoms with Gasteiger partial charge in [0.25, 0.3) is 11.8 Å². The molecule has 170 valence electrons. The van der Waals surface area contributed by atoms with Crippen molar-refractivity contribution in [2.45, 2.75) is 20.9 Å². The zero-order valence-corrected chi connectivity index (χ0v) is 17.9. The number of nitrogens with two attached hydrogens (primary N) is 2. The van der Waals surface area contributed by atoms with Crippen LogP contribution in [0.15, 0.2) is 60.0 Å². The third kappa shape index (κ3) is 4.78. The molecule has 2 aromatic heterocycles. The van der Waals surface area contributed by atoms with E-state index in [1.54, 1.807) is 37.3 Å². The monoisotopic (exact) mass is 465 g/mol. The first kappa shape index (κ1) is 23.7. The maximum atomic E-state index is 13.5. The molecule has 2 aromatic carbocycles. The summed E-state index contributed by atoms with van der Waals surface area (Å²) in [6, 6.07) is 14.9. The number of rotatable bonds is 6. The Hall–Kier alpha value is -3.98. The van der Waals surface area contributed by atoms with Crippen LogP contribution in [0.2, 0.25) is 0 Å². The third-order valence-corrected chi connectivity index (χ3v) is 5.86. The Bertz CT molecular complexity index is 1300. The van der Waals surface area contributed by atoms with Crippen molar-refractivity contribution in [3.8, 4) is 16.3 Å². The van der Waals surface area contributed by atoms with Crippen LogP contribution in [0.1, 0.15) is 39.4 Å². The predicted octanol–water partition coefficient (Wildman–Crippen LogP) is 4.30. The highest BCUT2D eigenvalue weighted by Crippen LogP contribution is 2.32. The van der Waals surface area contributed by atoms with E-state index in [4.69, 9.17) is 11.5 Å². The SMILES string of the molecule is C.Cc1ccc(F)cc1C(=O)NCc1ccc(-n2nc(-c3cccs3)c(N)c2C(N)=O)cc1. The van der Waals surface area contributed by atoms with Gasteiger partial charge in [-0.05, 0) is 53.8 Å². The number of amides is 2. The normalized spacial score (nSPS) is 10.5. The Kier molecular flexibility index (Phi) is 6.93. The van der Waals surface area contributed by atoms with Crippen molar-refractivity contribution < 1.29 is 14.0 Å². The molecule has 9 heteroatoms. The van der Waals surface area contributed by atoms with E-state index in [0.717, 1.165) is 10.4 Å². The van der Waals surface area contributed by atoms with Crippen LogP contribution < -0.4 is 16.8 Å². The first-order valence-electron chi connectivity index (χ1n) is 9.71. The summed E-state index contributed by atoms with van der Waals surface area (Å²) in [6.45, 7) is 2.00. The molecule has 0 atom stereocenters. The van der Waals surface area contributed by atoms with Gasteiger partial charge in [-0.25, -0.2) is 9.07 Å². The van der Waals surface area contributed by atoms with E-state index in [1.807, 2.05) is 17.5 Å². The van der Waals surface area contributed by atoms with Crippen molar-refractivity contribution in [2.24, 2.45) is 5.73 Å². The molecular weight excluding hydrogens is 441 g/mol. The summed E-state index contributed by atoms with van der Waals surface area (Å²) in [5, 5.41) is 9.18. The second-order valence-corrected chi connectivity index (χ2v) is 8.12. The van der Waals surface area contributed by atoms with Gasteiger partial charge in [-0.3, -0.25) is 9.59 Å². The van der Waals surface area contributed by atoms with Crippen LogP contribution in [0.4, 0.5) is 10.1 Å². The summed E-state index contributed by atoms with van der Waals surface area (Å²) in [5.41, 5.74) is 15.0. The van der Waals surface area contributed by atoms with Crippen LogP contribution in [0.25, 0.3) is 16.3 Å². The van der Waals surface area contributed by atoms with E-state index in [2.05, 4.69) is 10.4 Å². The molecule has 5 N–H and O–H groups in total. The molecular formula is C24H24FN5O2S. The van der Waals surface area contributed by atoms with Crippen molar-refractivity contribution in [3.05, 3.63) is 88.2 Å². The number of primary amides is 1. The lowest BCUT2D eigenvalue weighted by atomic mass is 10.1. The topological polar surface area (TPSA) is 116 Å². The molecule has 0 aliphatic heterocycles. The largest absolute Gasteiger partial charge is 0.395 e. The van der Waals surface area contributed by atoms with Crippen molar-refractivity contribution in [2.75, 3.05) is 5.73 Å². The summed E-state index contributed by atoms with van der Waals surface area (Å²) in [7, 11) is 0. The minimum atomic E-state index is -0.681. The van der Waals surface area contributed by atoms with Crippen molar-refractivity contribution in [3.63, 3.8) is 0 Å². The molecule has 0 saturated carbocycles. The third-order valence-electron chi connectivity index (χ3n) is 4.99. The highest BCUT2D eigenvalue weighted by Gasteiger charge is 2.22. The average Bonchev–Trinajstić information content (AvgIpc) is 3.42. The van der Waals surface area contributed by atoms with E-state index in [0.29, 0.717) is 22.5 Å². The lowest BCUT2D eigenvalue weighted by Crippen LogP contribution is -2.23. The Morgan fingerprint density at radius 2 is 1.88 bits per heavy atom. The molecule has 2 heterocycles. The van der Waals surface area contributed by atoms with Crippen molar-refractivity contribution in [1.29, 1.82) is 0 Å². The number of aryl methyl sites for hydroxylation is 1. The minimum absolute atomic E-state index is 0. The van der Waals surface area contributed by atoms with E-state index in [-0.39, 0.29) is 31.3 Å². The van der Waals surface area contributed by atoms with Gasteiger partial charge in [0.2, 0.25) is 0 Å². The van der Waals surface area contributed by atoms with Gasteiger partial charge in [-0.2, -0.15) is 5.10 Å². The van der Waals surface area contributed by atoms with Gasteiger partial charge >= 0.3 is 0 Å². The quantitative estimate of drug-likeness (QED) is 0.394. The van der Waals surface area contributed by atoms with Crippen LogP contribution in [0.3, 0.4) is 0 Å². The molecule has 0 radical (unpaired) electrons. The number of thiophene rings is 1. The standard InChI is InChI=1S/C23H20FN5O2S.CH4/c1-13-4-7-15(24)11-17(13)23(31)27-12-14-5-8-16(9-6-14)29-21(22(26)30)19(25)20(28-29)18-3-2-10-32-18;/h2-11H,12,25H2,1H3,(H2,26,30)(H,27,31);1H4. The summed E-state index contributed by atoms with van der Waals surface area (Å²) < 4.78 is 14.9. The van der Waals surface area contributed by atoms with E-state index in [1.165, 1.54) is 28.2 Å². The fourth-order valence-electron chi connectivity index (χ4n) is 3.32. The number of nitrogens with zero attached hydrogens (tertiary/aromatic N) is 2. The number of hydrogen-bond donors (Lipinski definition) is 3. The van der Waals surface area contributed by atoms with Gasteiger partial charge in [0, 0.05) is 12.1 Å². The zero-order valence-electron chi connectivity index (χ0n) is 17.1. The first-order chi connectivity index (χ1) is 15.3. The van der Waals surface area contributed by atoms with Gasteiger partial charge in [-0.15, -0.1) is 11.3 Å². The number of carbonyl (C=O) groups excluding carboxylic acids is 2. The molecule has 4 rings (SSSR count). The zero-order chi connectivity index (χ0) is 22.8. The molecule has 0 aliphatic carbocycles. The number of anilines is 1. The molecule has 0 fully saturated rings. The van der Waals surface area contributed by atoms with Crippen LogP contribution in [0.5, 0.6) is 0 Å². The fraction of sp³-hybridized carbons (Fsp3) is 0.125. The van der Waals surface area contributed by atoms with Gasteiger partial charge < -0.3 is 16.8 Å². The summed E-state index contributed by atoms with van der Waals surface area (Å²) in [6.07, 6.45) is 0. The number of benzene rings is 2. The Balaban J connectivity index is 0.00000306. The van der Waals surface area contributed by atoms with Crippen LogP contribution >= 0.6 is 11.3 Å². The summed E-state index contributed by atoms with van der Waals surface area (Å²) >= 11 is 1.46. The second-order valence-electron chi connectivity index (χ2n) is 7.17.